The molecule has 0 aromatic heterocycles. The molecule has 2 amide bonds. The number of anilines is 1. The van der Waals surface area contributed by atoms with Gasteiger partial charge in [-0.15, -0.1) is 0 Å². The van der Waals surface area contributed by atoms with Gasteiger partial charge in [-0.05, 0) is 38.8 Å². The number of amides is 2. The van der Waals surface area contributed by atoms with Crippen LogP contribution in [-0.2, 0) is 4.79 Å². The summed E-state index contributed by atoms with van der Waals surface area (Å²) in [5.74, 6) is -0.827. The molecule has 0 heterocycles. The summed E-state index contributed by atoms with van der Waals surface area (Å²) in [6, 6.07) is 3.82. The van der Waals surface area contributed by atoms with E-state index in [-0.39, 0.29) is 23.2 Å². The zero-order chi connectivity index (χ0) is 17.0. The Morgan fingerprint density at radius 1 is 1.39 bits per heavy atom. The number of carbonyl (C=O) groups excluding carboxylic acids is 2. The average molecular weight is 320 g/mol. The molecule has 1 saturated carbocycles. The van der Waals surface area contributed by atoms with Crippen molar-refractivity contribution in [3.63, 3.8) is 0 Å². The maximum absolute atomic E-state index is 12.2. The molecular formula is C15H20N4O4. The minimum absolute atomic E-state index is 0.143. The predicted octanol–water partition coefficient (Wildman–Crippen LogP) is 1.42. The van der Waals surface area contributed by atoms with E-state index in [0.29, 0.717) is 12.2 Å². The van der Waals surface area contributed by atoms with Crippen LogP contribution in [0.5, 0.6) is 0 Å². The Bertz CT molecular complexity index is 628. The topological polar surface area (TPSA) is 113 Å². The first kappa shape index (κ1) is 16.7. The van der Waals surface area contributed by atoms with Gasteiger partial charge in [0.25, 0.3) is 11.6 Å². The number of nitrogens with one attached hydrogen (secondary N) is 3. The summed E-state index contributed by atoms with van der Waals surface area (Å²) in [6.45, 7) is 3.80. The van der Waals surface area contributed by atoms with Gasteiger partial charge in [-0.25, -0.2) is 0 Å². The highest BCUT2D eigenvalue weighted by Crippen LogP contribution is 2.31. The molecule has 0 saturated heterocycles. The van der Waals surface area contributed by atoms with E-state index in [1.165, 1.54) is 18.2 Å². The fourth-order valence-corrected chi connectivity index (χ4v) is 2.07. The van der Waals surface area contributed by atoms with Crippen LogP contribution in [0.25, 0.3) is 0 Å². The van der Waals surface area contributed by atoms with Crippen molar-refractivity contribution in [1.29, 1.82) is 0 Å². The van der Waals surface area contributed by atoms with E-state index in [1.54, 1.807) is 13.8 Å². The van der Waals surface area contributed by atoms with E-state index < -0.39 is 16.9 Å². The summed E-state index contributed by atoms with van der Waals surface area (Å²) >= 11 is 0. The van der Waals surface area contributed by atoms with Crippen LogP contribution in [-0.4, -0.2) is 35.4 Å². The molecule has 0 radical (unpaired) electrons. The summed E-state index contributed by atoms with van der Waals surface area (Å²) in [6.07, 6.45) is 1.98. The van der Waals surface area contributed by atoms with Crippen molar-refractivity contribution in [2.75, 3.05) is 11.9 Å². The zero-order valence-corrected chi connectivity index (χ0v) is 13.1. The number of nitro groups is 1. The lowest BCUT2D eigenvalue weighted by Crippen LogP contribution is -2.44. The fraction of sp³-hybridized carbons (Fsp3) is 0.467. The molecule has 23 heavy (non-hydrogen) atoms. The quantitative estimate of drug-likeness (QED) is 0.519. The Morgan fingerprint density at radius 2 is 2.09 bits per heavy atom. The highest BCUT2D eigenvalue weighted by Gasteiger charge is 2.26. The second kappa shape index (κ2) is 7.08. The number of likely N-dealkylation sites (N-methyl/N-ethyl adjacent to an activating group) is 1. The van der Waals surface area contributed by atoms with Crippen molar-refractivity contribution in [3.8, 4) is 0 Å². The van der Waals surface area contributed by atoms with Crippen LogP contribution in [0.4, 0.5) is 11.4 Å². The number of rotatable bonds is 7. The highest BCUT2D eigenvalue weighted by atomic mass is 16.6. The van der Waals surface area contributed by atoms with E-state index in [4.69, 9.17) is 0 Å². The monoisotopic (exact) mass is 320 g/mol. The maximum Gasteiger partial charge on any atom is 0.293 e. The Balaban J connectivity index is 2.12. The van der Waals surface area contributed by atoms with Crippen molar-refractivity contribution in [2.45, 2.75) is 38.8 Å². The molecule has 3 N–H and O–H groups in total. The van der Waals surface area contributed by atoms with Crippen molar-refractivity contribution in [2.24, 2.45) is 0 Å². The lowest BCUT2D eigenvalue weighted by Gasteiger charge is -2.13. The van der Waals surface area contributed by atoms with E-state index in [0.717, 1.165) is 12.8 Å². The van der Waals surface area contributed by atoms with Crippen LogP contribution in [0.1, 0.15) is 37.0 Å². The first-order chi connectivity index (χ1) is 10.9. The predicted molar refractivity (Wildman–Crippen MR) is 85.4 cm³/mol. The van der Waals surface area contributed by atoms with Gasteiger partial charge >= 0.3 is 0 Å². The Hall–Kier alpha value is -2.64. The Kier molecular flexibility index (Phi) is 5.15. The standard InChI is InChI=1S/C15H20N4O4/c1-3-16-14(20)9(2)17-15(21)10-4-7-12(18-11-5-6-11)13(8-10)19(22)23/h4,7-9,11,18H,3,5-6H2,1-2H3,(H,16,20)(H,17,21)/t9-/m1/s1. The third-order valence-electron chi connectivity index (χ3n) is 3.49. The molecule has 0 aliphatic heterocycles. The van der Waals surface area contributed by atoms with Crippen molar-refractivity contribution in [3.05, 3.63) is 33.9 Å². The van der Waals surface area contributed by atoms with E-state index >= 15 is 0 Å². The van der Waals surface area contributed by atoms with Crippen molar-refractivity contribution >= 4 is 23.2 Å². The Labute approximate surface area is 133 Å². The number of benzene rings is 1. The van der Waals surface area contributed by atoms with E-state index in [2.05, 4.69) is 16.0 Å². The second-order valence-corrected chi connectivity index (χ2v) is 5.50. The molecule has 0 bridgehead atoms. The fourth-order valence-electron chi connectivity index (χ4n) is 2.07. The minimum atomic E-state index is -0.717. The Morgan fingerprint density at radius 3 is 2.65 bits per heavy atom. The number of carbonyl (C=O) groups is 2. The normalized spacial score (nSPS) is 14.7. The third-order valence-corrected chi connectivity index (χ3v) is 3.49. The van der Waals surface area contributed by atoms with Crippen LogP contribution >= 0.6 is 0 Å². The van der Waals surface area contributed by atoms with Gasteiger partial charge in [-0.3, -0.25) is 19.7 Å². The number of hydrogen-bond donors (Lipinski definition) is 3. The van der Waals surface area contributed by atoms with Crippen LogP contribution in [0, 0.1) is 10.1 Å². The first-order valence-corrected chi connectivity index (χ1v) is 7.56. The largest absolute Gasteiger partial charge is 0.377 e. The summed E-state index contributed by atoms with van der Waals surface area (Å²) in [5, 5.41) is 19.4. The first-order valence-electron chi connectivity index (χ1n) is 7.56. The maximum atomic E-state index is 12.2. The zero-order valence-electron chi connectivity index (χ0n) is 13.1. The number of nitrogens with zero attached hydrogens (tertiary/aromatic N) is 1. The van der Waals surface area contributed by atoms with Gasteiger partial charge in [-0.1, -0.05) is 0 Å². The molecule has 8 nitrogen and oxygen atoms in total. The van der Waals surface area contributed by atoms with Gasteiger partial charge in [0.1, 0.15) is 11.7 Å². The average Bonchev–Trinajstić information content (AvgIpc) is 3.31. The van der Waals surface area contributed by atoms with Crippen molar-refractivity contribution in [1.82, 2.24) is 10.6 Å². The van der Waals surface area contributed by atoms with E-state index in [1.807, 2.05) is 0 Å². The molecule has 1 aromatic rings. The minimum Gasteiger partial charge on any atom is -0.377 e. The molecule has 2 rings (SSSR count). The van der Waals surface area contributed by atoms with Gasteiger partial charge in [-0.2, -0.15) is 0 Å². The molecule has 1 aliphatic rings. The molecular weight excluding hydrogens is 300 g/mol. The smallest absolute Gasteiger partial charge is 0.293 e. The molecule has 0 unspecified atom stereocenters. The van der Waals surface area contributed by atoms with Gasteiger partial charge in [0, 0.05) is 24.2 Å². The van der Waals surface area contributed by atoms with E-state index in [9.17, 15) is 19.7 Å². The number of nitro benzene ring substituents is 1. The molecule has 124 valence electrons. The van der Waals surface area contributed by atoms with Crippen LogP contribution < -0.4 is 16.0 Å². The molecule has 1 aromatic carbocycles. The molecule has 1 fully saturated rings. The lowest BCUT2D eigenvalue weighted by atomic mass is 10.1. The summed E-state index contributed by atoms with van der Waals surface area (Å²) in [7, 11) is 0. The van der Waals surface area contributed by atoms with Crippen LogP contribution in [0.3, 0.4) is 0 Å². The van der Waals surface area contributed by atoms with Gasteiger partial charge in [0.2, 0.25) is 5.91 Å². The second-order valence-electron chi connectivity index (χ2n) is 5.50. The summed E-state index contributed by atoms with van der Waals surface area (Å²) in [4.78, 5) is 34.4. The van der Waals surface area contributed by atoms with Crippen LogP contribution in [0.2, 0.25) is 0 Å². The molecule has 1 aliphatic carbocycles. The summed E-state index contributed by atoms with van der Waals surface area (Å²) < 4.78 is 0. The summed E-state index contributed by atoms with van der Waals surface area (Å²) in [5.41, 5.74) is 0.412. The SMILES string of the molecule is CCNC(=O)[C@@H](C)NC(=O)c1ccc(NC2CC2)c([N+](=O)[O-])c1. The molecule has 8 heteroatoms. The van der Waals surface area contributed by atoms with Gasteiger partial charge in [0.15, 0.2) is 0 Å². The van der Waals surface area contributed by atoms with Gasteiger partial charge < -0.3 is 16.0 Å². The highest BCUT2D eigenvalue weighted by molar-refractivity contribution is 5.98. The lowest BCUT2D eigenvalue weighted by molar-refractivity contribution is -0.384. The number of hydrogen-bond acceptors (Lipinski definition) is 5. The van der Waals surface area contributed by atoms with Gasteiger partial charge in [0.05, 0.1) is 4.92 Å². The third kappa shape index (κ3) is 4.41. The van der Waals surface area contributed by atoms with Crippen LogP contribution in [0.15, 0.2) is 18.2 Å². The van der Waals surface area contributed by atoms with Crippen molar-refractivity contribution < 1.29 is 14.5 Å². The molecule has 1 atom stereocenters. The molecule has 0 spiro atoms.